The summed E-state index contributed by atoms with van der Waals surface area (Å²) in [4.78, 5) is 31.8. The number of amides is 1. The summed E-state index contributed by atoms with van der Waals surface area (Å²) in [6, 6.07) is 13.4. The molecule has 1 N–H and O–H groups in total. The maximum Gasteiger partial charge on any atom is 0.261 e. The van der Waals surface area contributed by atoms with Gasteiger partial charge in [0.2, 0.25) is 5.91 Å². The summed E-state index contributed by atoms with van der Waals surface area (Å²) >= 11 is 0. The van der Waals surface area contributed by atoms with Crippen LogP contribution < -0.4 is 15.8 Å². The van der Waals surface area contributed by atoms with Crippen LogP contribution in [0.15, 0.2) is 53.6 Å². The predicted molar refractivity (Wildman–Crippen MR) is 116 cm³/mol. The molecule has 0 radical (unpaired) electrons. The van der Waals surface area contributed by atoms with Crippen molar-refractivity contribution in [3.8, 4) is 0 Å². The number of carbonyl (C=O) groups is 1. The molecule has 3 aromatic rings. The fourth-order valence-corrected chi connectivity index (χ4v) is 3.83. The number of hydrogen-bond donors (Lipinski definition) is 1. The highest BCUT2D eigenvalue weighted by molar-refractivity contribution is 5.91. The molecule has 29 heavy (non-hydrogen) atoms. The first-order chi connectivity index (χ1) is 14.0. The molecular weight excluding hydrogens is 364 g/mol. The number of carbonyl (C=O) groups excluding carboxylic acids is 1. The molecule has 2 heterocycles. The number of benzene rings is 2. The van der Waals surface area contributed by atoms with E-state index in [-0.39, 0.29) is 18.0 Å². The average Bonchev–Trinajstić information content (AvgIpc) is 2.72. The highest BCUT2D eigenvalue weighted by Gasteiger charge is 2.16. The van der Waals surface area contributed by atoms with E-state index in [0.717, 1.165) is 30.3 Å². The van der Waals surface area contributed by atoms with Gasteiger partial charge in [-0.25, -0.2) is 4.98 Å². The summed E-state index contributed by atoms with van der Waals surface area (Å²) in [6.07, 6.45) is 3.87. The number of nitrogens with one attached hydrogen (secondary N) is 1. The summed E-state index contributed by atoms with van der Waals surface area (Å²) in [7, 11) is 0. The molecule has 0 saturated carbocycles. The van der Waals surface area contributed by atoms with Gasteiger partial charge < -0.3 is 10.2 Å². The normalized spacial score (nSPS) is 14.9. The van der Waals surface area contributed by atoms with Crippen molar-refractivity contribution in [1.29, 1.82) is 0 Å². The molecule has 150 valence electrons. The van der Waals surface area contributed by atoms with Gasteiger partial charge in [-0.05, 0) is 61.6 Å². The Bertz CT molecular complexity index is 1080. The van der Waals surface area contributed by atoms with Crippen molar-refractivity contribution in [2.75, 3.05) is 23.3 Å². The SMILES string of the molecule is Cc1cccc2c(=O)n(CC(=O)Nc3ccc(N4CCC(C)CC4)cc3)cnc12. The summed E-state index contributed by atoms with van der Waals surface area (Å²) in [6.45, 7) is 6.30. The van der Waals surface area contributed by atoms with Crippen LogP contribution in [-0.2, 0) is 11.3 Å². The highest BCUT2D eigenvalue weighted by Crippen LogP contribution is 2.24. The molecular formula is C23H26N4O2. The van der Waals surface area contributed by atoms with Crippen LogP contribution in [0.1, 0.15) is 25.3 Å². The second kappa shape index (κ2) is 8.07. The van der Waals surface area contributed by atoms with Gasteiger partial charge in [-0.3, -0.25) is 14.2 Å². The molecule has 0 atom stereocenters. The fourth-order valence-electron chi connectivity index (χ4n) is 3.83. The van der Waals surface area contributed by atoms with Gasteiger partial charge in [0.15, 0.2) is 0 Å². The van der Waals surface area contributed by atoms with E-state index in [1.54, 1.807) is 6.07 Å². The van der Waals surface area contributed by atoms with Gasteiger partial charge in [0.1, 0.15) is 6.54 Å². The third-order valence-electron chi connectivity index (χ3n) is 5.67. The summed E-state index contributed by atoms with van der Waals surface area (Å²) in [5.41, 5.74) is 3.32. The smallest absolute Gasteiger partial charge is 0.261 e. The number of fused-ring (bicyclic) bond motifs is 1. The Morgan fingerprint density at radius 2 is 1.86 bits per heavy atom. The molecule has 6 nitrogen and oxygen atoms in total. The first kappa shape index (κ1) is 19.2. The van der Waals surface area contributed by atoms with Crippen LogP contribution in [-0.4, -0.2) is 28.5 Å². The topological polar surface area (TPSA) is 67.2 Å². The lowest BCUT2D eigenvalue weighted by Crippen LogP contribution is -2.32. The van der Waals surface area contributed by atoms with Crippen LogP contribution >= 0.6 is 0 Å². The Balaban J connectivity index is 1.43. The van der Waals surface area contributed by atoms with Gasteiger partial charge in [0.05, 0.1) is 17.2 Å². The molecule has 1 amide bonds. The van der Waals surface area contributed by atoms with E-state index in [1.165, 1.54) is 29.4 Å². The van der Waals surface area contributed by atoms with Crippen molar-refractivity contribution in [1.82, 2.24) is 9.55 Å². The van der Waals surface area contributed by atoms with Crippen LogP contribution in [0, 0.1) is 12.8 Å². The summed E-state index contributed by atoms with van der Waals surface area (Å²) < 4.78 is 1.35. The van der Waals surface area contributed by atoms with E-state index < -0.39 is 0 Å². The van der Waals surface area contributed by atoms with Gasteiger partial charge in [0, 0.05) is 24.5 Å². The average molecular weight is 390 g/mol. The van der Waals surface area contributed by atoms with Crippen LogP contribution in [0.3, 0.4) is 0 Å². The molecule has 2 aromatic carbocycles. The predicted octanol–water partition coefficient (Wildman–Crippen LogP) is 3.58. The lowest BCUT2D eigenvalue weighted by molar-refractivity contribution is -0.116. The highest BCUT2D eigenvalue weighted by atomic mass is 16.2. The number of aryl methyl sites for hydroxylation is 1. The third-order valence-corrected chi connectivity index (χ3v) is 5.67. The summed E-state index contributed by atoms with van der Waals surface area (Å²) in [5, 5.41) is 3.40. The van der Waals surface area contributed by atoms with Crippen LogP contribution in [0.4, 0.5) is 11.4 Å². The molecule has 0 spiro atoms. The van der Waals surface area contributed by atoms with Crippen molar-refractivity contribution < 1.29 is 4.79 Å². The Morgan fingerprint density at radius 3 is 2.59 bits per heavy atom. The molecule has 4 rings (SSSR count). The van der Waals surface area contributed by atoms with E-state index in [1.807, 2.05) is 43.3 Å². The van der Waals surface area contributed by atoms with E-state index in [4.69, 9.17) is 0 Å². The molecule has 1 aliphatic heterocycles. The van der Waals surface area contributed by atoms with Crippen molar-refractivity contribution in [3.63, 3.8) is 0 Å². The first-order valence-corrected chi connectivity index (χ1v) is 10.1. The number of nitrogens with zero attached hydrogens (tertiary/aromatic N) is 3. The van der Waals surface area contributed by atoms with Crippen LogP contribution in [0.5, 0.6) is 0 Å². The third kappa shape index (κ3) is 4.16. The van der Waals surface area contributed by atoms with E-state index in [0.29, 0.717) is 10.9 Å². The van der Waals surface area contributed by atoms with Crippen molar-refractivity contribution in [3.05, 3.63) is 64.7 Å². The molecule has 1 saturated heterocycles. The van der Waals surface area contributed by atoms with Gasteiger partial charge in [0.25, 0.3) is 5.56 Å². The Kier molecular flexibility index (Phi) is 5.34. The Hall–Kier alpha value is -3.15. The zero-order valence-electron chi connectivity index (χ0n) is 16.9. The fraction of sp³-hybridized carbons (Fsp3) is 0.348. The first-order valence-electron chi connectivity index (χ1n) is 10.1. The number of para-hydroxylation sites is 1. The van der Waals surface area contributed by atoms with Gasteiger partial charge in [-0.15, -0.1) is 0 Å². The second-order valence-corrected chi connectivity index (χ2v) is 7.91. The maximum absolute atomic E-state index is 12.6. The number of piperidine rings is 1. The largest absolute Gasteiger partial charge is 0.372 e. The minimum Gasteiger partial charge on any atom is -0.372 e. The van der Waals surface area contributed by atoms with Crippen molar-refractivity contribution in [2.24, 2.45) is 5.92 Å². The van der Waals surface area contributed by atoms with Gasteiger partial charge >= 0.3 is 0 Å². The van der Waals surface area contributed by atoms with E-state index in [2.05, 4.69) is 22.1 Å². The quantitative estimate of drug-likeness (QED) is 0.739. The standard InChI is InChI=1S/C23H26N4O2/c1-16-10-12-26(13-11-16)19-8-6-18(7-9-19)25-21(28)14-27-15-24-22-17(2)4-3-5-20(22)23(27)29/h3-9,15-16H,10-14H2,1-2H3,(H,25,28). The van der Waals surface area contributed by atoms with Gasteiger partial charge in [-0.2, -0.15) is 0 Å². The molecule has 1 fully saturated rings. The molecule has 0 unspecified atom stereocenters. The zero-order chi connectivity index (χ0) is 20.4. The minimum atomic E-state index is -0.250. The van der Waals surface area contributed by atoms with Crippen molar-refractivity contribution >= 4 is 28.2 Å². The molecule has 6 heteroatoms. The Morgan fingerprint density at radius 1 is 1.14 bits per heavy atom. The van der Waals surface area contributed by atoms with Crippen LogP contribution in [0.25, 0.3) is 10.9 Å². The minimum absolute atomic E-state index is 0.0680. The lowest BCUT2D eigenvalue weighted by Gasteiger charge is -2.32. The summed E-state index contributed by atoms with van der Waals surface area (Å²) in [5.74, 6) is 0.544. The van der Waals surface area contributed by atoms with Crippen molar-refractivity contribution in [2.45, 2.75) is 33.2 Å². The van der Waals surface area contributed by atoms with Gasteiger partial charge in [-0.1, -0.05) is 19.1 Å². The lowest BCUT2D eigenvalue weighted by atomic mass is 9.99. The zero-order valence-corrected chi connectivity index (χ0v) is 16.9. The number of anilines is 2. The Labute approximate surface area is 170 Å². The molecule has 0 bridgehead atoms. The molecule has 0 aliphatic carbocycles. The maximum atomic E-state index is 12.6. The second-order valence-electron chi connectivity index (χ2n) is 7.91. The van der Waals surface area contributed by atoms with Crippen LogP contribution in [0.2, 0.25) is 0 Å². The van der Waals surface area contributed by atoms with E-state index >= 15 is 0 Å². The number of hydrogen-bond acceptors (Lipinski definition) is 4. The molecule has 1 aliphatic rings. The van der Waals surface area contributed by atoms with E-state index in [9.17, 15) is 9.59 Å². The monoisotopic (exact) mass is 390 g/mol. The number of aromatic nitrogens is 2. The number of rotatable bonds is 4. The molecule has 1 aromatic heterocycles.